The molecule has 1 aliphatic rings. The fraction of sp³-hybridized carbons (Fsp3) is 0.357. The monoisotopic (exact) mass is 509 g/mol. The van der Waals surface area contributed by atoms with Crippen molar-refractivity contribution in [2.24, 2.45) is 0 Å². The lowest BCUT2D eigenvalue weighted by Gasteiger charge is -2.29. The van der Waals surface area contributed by atoms with Gasteiger partial charge < -0.3 is 19.4 Å². The Morgan fingerprint density at radius 2 is 1.64 bits per heavy atom. The average molecular weight is 510 g/mol. The number of rotatable bonds is 12. The number of hydrogen-bond donors (Lipinski definition) is 0. The number of thiophene rings is 1. The number of amides is 2. The number of likely N-dealkylation sites (tertiary alicyclic amines) is 1. The zero-order valence-electron chi connectivity index (χ0n) is 20.4. The SMILES string of the molecule is O=C(COc1ccccc1)N(CCN1CCCC1)CC(=O)N(Cc1ccc(F)cc1)Cc1cccs1. The van der Waals surface area contributed by atoms with Crippen LogP contribution in [0.5, 0.6) is 5.75 Å². The quantitative estimate of drug-likeness (QED) is 0.363. The molecule has 0 aliphatic carbocycles. The van der Waals surface area contributed by atoms with E-state index in [4.69, 9.17) is 4.74 Å². The van der Waals surface area contributed by atoms with Gasteiger partial charge in [-0.2, -0.15) is 0 Å². The van der Waals surface area contributed by atoms with Crippen LogP contribution in [0.2, 0.25) is 0 Å². The van der Waals surface area contributed by atoms with E-state index in [1.807, 2.05) is 35.7 Å². The summed E-state index contributed by atoms with van der Waals surface area (Å²) < 4.78 is 19.1. The molecule has 6 nitrogen and oxygen atoms in total. The van der Waals surface area contributed by atoms with Gasteiger partial charge in [0.1, 0.15) is 11.6 Å². The van der Waals surface area contributed by atoms with Gasteiger partial charge in [-0.1, -0.05) is 36.4 Å². The predicted molar refractivity (Wildman–Crippen MR) is 139 cm³/mol. The molecule has 0 spiro atoms. The summed E-state index contributed by atoms with van der Waals surface area (Å²) in [6, 6.07) is 19.3. The van der Waals surface area contributed by atoms with E-state index in [-0.39, 0.29) is 30.8 Å². The number of carbonyl (C=O) groups is 2. The molecule has 190 valence electrons. The van der Waals surface area contributed by atoms with Crippen molar-refractivity contribution in [3.05, 3.63) is 88.4 Å². The van der Waals surface area contributed by atoms with Crippen LogP contribution in [0.25, 0.3) is 0 Å². The molecule has 0 unspecified atom stereocenters. The van der Waals surface area contributed by atoms with E-state index in [2.05, 4.69) is 4.90 Å². The fourth-order valence-corrected chi connectivity index (χ4v) is 4.93. The second kappa shape index (κ2) is 13.2. The largest absolute Gasteiger partial charge is 0.484 e. The van der Waals surface area contributed by atoms with Crippen LogP contribution in [0.4, 0.5) is 4.39 Å². The Balaban J connectivity index is 1.45. The van der Waals surface area contributed by atoms with E-state index in [0.717, 1.165) is 42.9 Å². The Labute approximate surface area is 215 Å². The number of carbonyl (C=O) groups excluding carboxylic acids is 2. The van der Waals surface area contributed by atoms with Crippen molar-refractivity contribution in [2.75, 3.05) is 39.3 Å². The number of para-hydroxylation sites is 1. The van der Waals surface area contributed by atoms with Gasteiger partial charge in [0.2, 0.25) is 5.91 Å². The van der Waals surface area contributed by atoms with Crippen LogP contribution in [0, 0.1) is 5.82 Å². The maximum Gasteiger partial charge on any atom is 0.261 e. The summed E-state index contributed by atoms with van der Waals surface area (Å²) >= 11 is 1.58. The number of halogens is 1. The molecule has 4 rings (SSSR count). The van der Waals surface area contributed by atoms with Crippen LogP contribution in [0.3, 0.4) is 0 Å². The third-order valence-electron chi connectivity index (χ3n) is 6.24. The molecule has 0 bridgehead atoms. The molecule has 3 aromatic rings. The topological polar surface area (TPSA) is 53.1 Å². The highest BCUT2D eigenvalue weighted by Gasteiger charge is 2.24. The lowest BCUT2D eigenvalue weighted by Crippen LogP contribution is -2.46. The van der Waals surface area contributed by atoms with Gasteiger partial charge in [0.15, 0.2) is 6.61 Å². The van der Waals surface area contributed by atoms with E-state index < -0.39 is 0 Å². The molecule has 1 aliphatic heterocycles. The standard InChI is InChI=1S/C28H32FN3O3S/c29-24-12-10-23(11-13-24)19-32(20-26-9-6-18-36-26)27(33)21-31(17-16-30-14-4-5-15-30)28(34)22-35-25-7-2-1-3-8-25/h1-3,6-13,18H,4-5,14-17,19-22H2. The lowest BCUT2D eigenvalue weighted by atomic mass is 10.2. The first kappa shape index (κ1) is 25.9. The minimum atomic E-state index is -0.313. The highest BCUT2D eigenvalue weighted by atomic mass is 32.1. The van der Waals surface area contributed by atoms with Gasteiger partial charge in [0.05, 0.1) is 13.1 Å². The molecule has 1 aromatic heterocycles. The first-order valence-electron chi connectivity index (χ1n) is 12.3. The van der Waals surface area contributed by atoms with Gasteiger partial charge in [-0.3, -0.25) is 9.59 Å². The molecule has 0 atom stereocenters. The van der Waals surface area contributed by atoms with Crippen molar-refractivity contribution >= 4 is 23.2 Å². The zero-order chi connectivity index (χ0) is 25.2. The van der Waals surface area contributed by atoms with Crippen LogP contribution < -0.4 is 4.74 Å². The third-order valence-corrected chi connectivity index (χ3v) is 7.10. The summed E-state index contributed by atoms with van der Waals surface area (Å²) in [5.74, 6) is -0.0641. The van der Waals surface area contributed by atoms with E-state index in [0.29, 0.717) is 25.4 Å². The number of hydrogen-bond acceptors (Lipinski definition) is 5. The van der Waals surface area contributed by atoms with Crippen molar-refractivity contribution in [1.82, 2.24) is 14.7 Å². The molecule has 8 heteroatoms. The number of ether oxygens (including phenoxy) is 1. The molecule has 0 saturated carbocycles. The minimum Gasteiger partial charge on any atom is -0.484 e. The van der Waals surface area contributed by atoms with Crippen LogP contribution in [-0.2, 0) is 22.7 Å². The first-order valence-corrected chi connectivity index (χ1v) is 13.2. The number of nitrogens with zero attached hydrogens (tertiary/aromatic N) is 3. The Morgan fingerprint density at radius 3 is 2.33 bits per heavy atom. The van der Waals surface area contributed by atoms with Gasteiger partial charge in [-0.25, -0.2) is 4.39 Å². The van der Waals surface area contributed by atoms with Gasteiger partial charge in [0, 0.05) is 24.5 Å². The average Bonchev–Trinajstić information content (AvgIpc) is 3.61. The van der Waals surface area contributed by atoms with Crippen LogP contribution in [0.1, 0.15) is 23.3 Å². The molecule has 1 fully saturated rings. The Bertz CT molecular complexity index is 1090. The molecule has 2 aromatic carbocycles. The molecular weight excluding hydrogens is 477 g/mol. The maximum absolute atomic E-state index is 13.5. The Kier molecular flexibility index (Phi) is 9.47. The zero-order valence-corrected chi connectivity index (χ0v) is 21.2. The Morgan fingerprint density at radius 1 is 0.889 bits per heavy atom. The van der Waals surface area contributed by atoms with Crippen molar-refractivity contribution in [2.45, 2.75) is 25.9 Å². The molecule has 2 amide bonds. The molecule has 1 saturated heterocycles. The first-order chi connectivity index (χ1) is 17.6. The van der Waals surface area contributed by atoms with Crippen LogP contribution in [0.15, 0.2) is 72.1 Å². The summed E-state index contributed by atoms with van der Waals surface area (Å²) in [6.45, 7) is 3.85. The second-order valence-electron chi connectivity index (χ2n) is 8.92. The summed E-state index contributed by atoms with van der Waals surface area (Å²) in [6.07, 6.45) is 2.33. The highest BCUT2D eigenvalue weighted by Crippen LogP contribution is 2.16. The fourth-order valence-electron chi connectivity index (χ4n) is 4.21. The van der Waals surface area contributed by atoms with E-state index in [1.165, 1.54) is 12.1 Å². The van der Waals surface area contributed by atoms with Crippen molar-refractivity contribution in [3.63, 3.8) is 0 Å². The summed E-state index contributed by atoms with van der Waals surface area (Å²) in [5, 5.41) is 1.97. The van der Waals surface area contributed by atoms with Gasteiger partial charge in [0.25, 0.3) is 5.91 Å². The molecule has 2 heterocycles. The third kappa shape index (κ3) is 7.90. The molecule has 0 radical (unpaired) electrons. The summed E-state index contributed by atoms with van der Waals surface area (Å²) in [7, 11) is 0. The molecule has 0 N–H and O–H groups in total. The van der Waals surface area contributed by atoms with Crippen molar-refractivity contribution in [3.8, 4) is 5.75 Å². The van der Waals surface area contributed by atoms with E-state index in [9.17, 15) is 14.0 Å². The van der Waals surface area contributed by atoms with E-state index >= 15 is 0 Å². The normalized spacial score (nSPS) is 13.5. The van der Waals surface area contributed by atoms with Crippen molar-refractivity contribution < 1.29 is 18.7 Å². The predicted octanol–water partition coefficient (Wildman–Crippen LogP) is 4.42. The van der Waals surface area contributed by atoms with Gasteiger partial charge >= 0.3 is 0 Å². The summed E-state index contributed by atoms with van der Waals surface area (Å²) in [4.78, 5) is 33.4. The molecule has 36 heavy (non-hydrogen) atoms. The minimum absolute atomic E-state index is 0.0304. The smallest absolute Gasteiger partial charge is 0.261 e. The highest BCUT2D eigenvalue weighted by molar-refractivity contribution is 7.09. The van der Waals surface area contributed by atoms with E-state index in [1.54, 1.807) is 45.4 Å². The second-order valence-corrected chi connectivity index (χ2v) is 9.95. The van der Waals surface area contributed by atoms with Crippen molar-refractivity contribution in [1.29, 1.82) is 0 Å². The number of benzene rings is 2. The van der Waals surface area contributed by atoms with Gasteiger partial charge in [-0.15, -0.1) is 11.3 Å². The molecular formula is C28H32FN3O3S. The Hall–Kier alpha value is -3.23. The van der Waals surface area contributed by atoms with Gasteiger partial charge in [-0.05, 0) is 67.2 Å². The summed E-state index contributed by atoms with van der Waals surface area (Å²) in [5.41, 5.74) is 0.837. The lowest BCUT2D eigenvalue weighted by molar-refractivity contribution is -0.142. The van der Waals surface area contributed by atoms with Crippen LogP contribution >= 0.6 is 11.3 Å². The maximum atomic E-state index is 13.5. The van der Waals surface area contributed by atoms with Crippen LogP contribution in [-0.4, -0.2) is 65.8 Å².